The number of ether oxygens (including phenoxy) is 1. The van der Waals surface area contributed by atoms with E-state index >= 15 is 0 Å². The largest absolute Gasteiger partial charge is 0.490 e. The number of β-amino-alcohol motifs (C(OH)–C–C–N with tert-alkyl or cyclic N) is 1. The van der Waals surface area contributed by atoms with Crippen molar-refractivity contribution in [3.05, 3.63) is 64.3 Å². The van der Waals surface area contributed by atoms with Crippen LogP contribution in [0.2, 0.25) is 10.0 Å². The zero-order chi connectivity index (χ0) is 23.4. The van der Waals surface area contributed by atoms with Crippen molar-refractivity contribution >= 4 is 40.4 Å². The van der Waals surface area contributed by atoms with E-state index in [9.17, 15) is 15.1 Å². The maximum Gasteiger partial charge on any atom is 0.253 e. The predicted octanol–water partition coefficient (Wildman–Crippen LogP) is 3.39. The van der Waals surface area contributed by atoms with Gasteiger partial charge in [0.2, 0.25) is 0 Å². The van der Waals surface area contributed by atoms with Gasteiger partial charge in [-0.3, -0.25) is 15.4 Å². The van der Waals surface area contributed by atoms with Crippen LogP contribution in [0.5, 0.6) is 5.75 Å². The zero-order valence-electron chi connectivity index (χ0n) is 17.9. The number of carbonyl (C=O) groups is 1. The Morgan fingerprint density at radius 3 is 2.70 bits per heavy atom. The number of aliphatic hydroxyl groups excluding tert-OH is 1. The first-order chi connectivity index (χ1) is 15.9. The van der Waals surface area contributed by atoms with Crippen molar-refractivity contribution in [2.45, 2.75) is 25.0 Å². The van der Waals surface area contributed by atoms with Crippen molar-refractivity contribution in [1.82, 2.24) is 15.4 Å². The molecular weight excluding hydrogens is 467 g/mol. The third-order valence-electron chi connectivity index (χ3n) is 5.64. The summed E-state index contributed by atoms with van der Waals surface area (Å²) in [5, 5.41) is 24.7. The summed E-state index contributed by atoms with van der Waals surface area (Å²) < 4.78 is 6.00. The van der Waals surface area contributed by atoms with E-state index < -0.39 is 6.10 Å². The summed E-state index contributed by atoms with van der Waals surface area (Å²) in [5.41, 5.74) is 4.36. The van der Waals surface area contributed by atoms with Crippen LogP contribution < -0.4 is 15.5 Å². The molecule has 0 unspecified atom stereocenters. The third kappa shape index (κ3) is 6.10. The molecule has 2 heterocycles. The number of piperidine rings is 1. The molecule has 0 aliphatic carbocycles. The van der Waals surface area contributed by atoms with E-state index in [4.69, 9.17) is 27.9 Å². The summed E-state index contributed by atoms with van der Waals surface area (Å²) in [5.74, 6) is 0.330. The third-order valence-corrected chi connectivity index (χ3v) is 6.38. The highest BCUT2D eigenvalue weighted by atomic mass is 35.5. The Morgan fingerprint density at radius 1 is 1.18 bits per heavy atom. The van der Waals surface area contributed by atoms with Crippen molar-refractivity contribution in [2.75, 3.05) is 31.6 Å². The Kier molecular flexibility index (Phi) is 7.62. The molecule has 0 radical (unpaired) electrons. The molecule has 2 aliphatic heterocycles. The number of anilines is 1. The minimum absolute atomic E-state index is 0.0729. The van der Waals surface area contributed by atoms with E-state index in [0.717, 1.165) is 31.1 Å². The molecule has 176 valence electrons. The Bertz CT molecular complexity index is 1030. The first-order valence-electron chi connectivity index (χ1n) is 10.8. The summed E-state index contributed by atoms with van der Waals surface area (Å²) >= 11 is 12.0. The van der Waals surface area contributed by atoms with Gasteiger partial charge in [-0.1, -0.05) is 41.4 Å². The molecule has 0 aromatic heterocycles. The number of benzene rings is 2. The number of fused-ring (bicyclic) bond motifs is 1. The fraction of sp³-hybridized carbons (Fsp3) is 0.348. The van der Waals surface area contributed by atoms with Gasteiger partial charge in [-0.15, -0.1) is 0 Å². The number of nitrogens with one attached hydrogen (secondary N) is 2. The number of rotatable bonds is 7. The topological polar surface area (TPSA) is 97.3 Å². The molecule has 10 heteroatoms. The maximum absolute atomic E-state index is 12.7. The van der Waals surface area contributed by atoms with Gasteiger partial charge < -0.3 is 20.1 Å². The lowest BCUT2D eigenvalue weighted by molar-refractivity contribution is -0.116. The molecule has 2 aromatic carbocycles. The molecule has 1 saturated heterocycles. The van der Waals surface area contributed by atoms with Gasteiger partial charge in [0.05, 0.1) is 33.6 Å². The van der Waals surface area contributed by atoms with Gasteiger partial charge in [-0.2, -0.15) is 5.17 Å². The van der Waals surface area contributed by atoms with Crippen LogP contribution in [0, 0.1) is 0 Å². The van der Waals surface area contributed by atoms with Crippen molar-refractivity contribution < 1.29 is 19.8 Å². The van der Waals surface area contributed by atoms with E-state index in [1.165, 1.54) is 6.20 Å². The Labute approximate surface area is 202 Å². The number of hydrogen-bond donors (Lipinski definition) is 4. The summed E-state index contributed by atoms with van der Waals surface area (Å²) in [6, 6.07) is 12.4. The number of halogens is 2. The van der Waals surface area contributed by atoms with Crippen LogP contribution in [0.4, 0.5) is 5.69 Å². The first-order valence-corrected chi connectivity index (χ1v) is 11.5. The predicted molar refractivity (Wildman–Crippen MR) is 127 cm³/mol. The van der Waals surface area contributed by atoms with Gasteiger partial charge in [0.15, 0.2) is 0 Å². The number of hydrogen-bond acceptors (Lipinski definition) is 7. The van der Waals surface area contributed by atoms with Crippen molar-refractivity contribution in [1.29, 1.82) is 0 Å². The number of aliphatic hydroxyl groups is 1. The van der Waals surface area contributed by atoms with Crippen LogP contribution in [0.25, 0.3) is 5.57 Å². The zero-order valence-corrected chi connectivity index (χ0v) is 19.4. The number of hydrazine groups is 1. The van der Waals surface area contributed by atoms with Crippen LogP contribution in [0.15, 0.2) is 48.7 Å². The van der Waals surface area contributed by atoms with Crippen LogP contribution >= 0.6 is 23.2 Å². The standard InChI is InChI=1S/C23H26Cl2N4O4/c24-20-6-5-17(11-21(20)25)33-16-7-9-28(10-8-16)13-15(30)12-26-23(31)19-14-29(32)27-22-4-2-1-3-18(19)22/h1-6,11,14-16,27,30,32H,7-10,12-13H2,(H,26,31)/t15-/m0/s1. The quantitative estimate of drug-likeness (QED) is 0.470. The number of hydroxylamine groups is 1. The highest BCUT2D eigenvalue weighted by molar-refractivity contribution is 6.42. The molecule has 1 fully saturated rings. The van der Waals surface area contributed by atoms with E-state index in [0.29, 0.717) is 39.2 Å². The molecule has 0 saturated carbocycles. The monoisotopic (exact) mass is 492 g/mol. The average Bonchev–Trinajstić information content (AvgIpc) is 2.80. The number of likely N-dealkylation sites (tertiary alicyclic amines) is 1. The number of amides is 1. The van der Waals surface area contributed by atoms with Crippen molar-refractivity contribution in [2.24, 2.45) is 0 Å². The molecule has 4 rings (SSSR count). The second kappa shape index (κ2) is 10.6. The molecule has 33 heavy (non-hydrogen) atoms. The SMILES string of the molecule is O=C(NC[C@H](O)CN1CCC(Oc2ccc(Cl)c(Cl)c2)CC1)C1=CN(O)Nc2ccccc21. The Balaban J connectivity index is 1.22. The van der Waals surface area contributed by atoms with Crippen LogP contribution in [0.3, 0.4) is 0 Å². The summed E-state index contributed by atoms with van der Waals surface area (Å²) in [6.07, 6.45) is 2.31. The second-order valence-electron chi connectivity index (χ2n) is 8.10. The van der Waals surface area contributed by atoms with Gasteiger partial charge in [0, 0.05) is 37.8 Å². The van der Waals surface area contributed by atoms with E-state index in [1.807, 2.05) is 12.1 Å². The number of para-hydroxylation sites is 1. The molecule has 2 aromatic rings. The lowest BCUT2D eigenvalue weighted by atomic mass is 10.0. The molecule has 8 nitrogen and oxygen atoms in total. The molecular formula is C23H26Cl2N4O4. The first kappa shape index (κ1) is 23.7. The van der Waals surface area contributed by atoms with Gasteiger partial charge in [0.1, 0.15) is 11.9 Å². The maximum atomic E-state index is 12.7. The molecule has 1 atom stereocenters. The van der Waals surface area contributed by atoms with Crippen LogP contribution in [0.1, 0.15) is 18.4 Å². The minimum Gasteiger partial charge on any atom is -0.490 e. The highest BCUT2D eigenvalue weighted by Crippen LogP contribution is 2.29. The summed E-state index contributed by atoms with van der Waals surface area (Å²) in [6.45, 7) is 2.11. The minimum atomic E-state index is -0.718. The van der Waals surface area contributed by atoms with Crippen molar-refractivity contribution in [3.63, 3.8) is 0 Å². The van der Waals surface area contributed by atoms with Gasteiger partial charge >= 0.3 is 0 Å². The molecule has 0 spiro atoms. The van der Waals surface area contributed by atoms with E-state index in [1.54, 1.807) is 30.3 Å². The second-order valence-corrected chi connectivity index (χ2v) is 8.92. The normalized spacial score (nSPS) is 17.6. The summed E-state index contributed by atoms with van der Waals surface area (Å²) in [4.78, 5) is 14.8. The van der Waals surface area contributed by atoms with Gasteiger partial charge in [0.25, 0.3) is 5.91 Å². The Morgan fingerprint density at radius 2 is 1.94 bits per heavy atom. The van der Waals surface area contributed by atoms with E-state index in [2.05, 4.69) is 15.6 Å². The fourth-order valence-electron chi connectivity index (χ4n) is 3.96. The van der Waals surface area contributed by atoms with Crippen LogP contribution in [-0.4, -0.2) is 64.7 Å². The van der Waals surface area contributed by atoms with Crippen molar-refractivity contribution in [3.8, 4) is 5.75 Å². The van der Waals surface area contributed by atoms with Gasteiger partial charge in [-0.05, 0) is 31.0 Å². The molecule has 4 N–H and O–H groups in total. The summed E-state index contributed by atoms with van der Waals surface area (Å²) in [7, 11) is 0. The molecule has 1 amide bonds. The number of carbonyl (C=O) groups excluding carboxylic acids is 1. The molecule has 2 aliphatic rings. The van der Waals surface area contributed by atoms with Crippen LogP contribution in [-0.2, 0) is 4.79 Å². The lowest BCUT2D eigenvalue weighted by Crippen LogP contribution is -2.45. The smallest absolute Gasteiger partial charge is 0.253 e. The lowest BCUT2D eigenvalue weighted by Gasteiger charge is -2.33. The van der Waals surface area contributed by atoms with Gasteiger partial charge in [-0.25, -0.2) is 0 Å². The molecule has 0 bridgehead atoms. The Hall–Kier alpha value is -2.49. The number of nitrogens with zero attached hydrogens (tertiary/aromatic N) is 2. The fourth-order valence-corrected chi connectivity index (χ4v) is 4.25. The van der Waals surface area contributed by atoms with E-state index in [-0.39, 0.29) is 18.6 Å². The highest BCUT2D eigenvalue weighted by Gasteiger charge is 2.24. The average molecular weight is 493 g/mol.